The molecular formula is C16H15ClF3NO2S. The molecule has 0 fully saturated rings. The molecule has 2 rings (SSSR count). The van der Waals surface area contributed by atoms with E-state index in [0.717, 1.165) is 22.0 Å². The van der Waals surface area contributed by atoms with E-state index >= 15 is 0 Å². The lowest BCUT2D eigenvalue weighted by atomic mass is 10.1. The SMILES string of the molecule is Cc1ccc(S(=O)(=O)N(C)Cc2ccc(C(F)(F)F)cc2)c(Cl)c1. The number of sulfonamides is 1. The second kappa shape index (κ2) is 6.74. The Kier molecular flexibility index (Phi) is 5.27. The van der Waals surface area contributed by atoms with Crippen molar-refractivity contribution in [3.8, 4) is 0 Å². The van der Waals surface area contributed by atoms with E-state index in [2.05, 4.69) is 0 Å². The molecule has 0 spiro atoms. The summed E-state index contributed by atoms with van der Waals surface area (Å²) in [6.45, 7) is 1.72. The molecule has 8 heteroatoms. The second-order valence-corrected chi connectivity index (χ2v) is 7.81. The summed E-state index contributed by atoms with van der Waals surface area (Å²) in [5, 5.41) is 0.106. The lowest BCUT2D eigenvalue weighted by Gasteiger charge is -2.18. The summed E-state index contributed by atoms with van der Waals surface area (Å²) < 4.78 is 63.8. The van der Waals surface area contributed by atoms with Gasteiger partial charge in [0.25, 0.3) is 0 Å². The van der Waals surface area contributed by atoms with Gasteiger partial charge in [-0.1, -0.05) is 29.8 Å². The molecular weight excluding hydrogens is 363 g/mol. The van der Waals surface area contributed by atoms with Crippen LogP contribution in [0.3, 0.4) is 0 Å². The monoisotopic (exact) mass is 377 g/mol. The van der Waals surface area contributed by atoms with Crippen LogP contribution in [0.25, 0.3) is 0 Å². The highest BCUT2D eigenvalue weighted by Gasteiger charge is 2.30. The van der Waals surface area contributed by atoms with Crippen LogP contribution in [0.2, 0.25) is 5.02 Å². The van der Waals surface area contributed by atoms with Crippen LogP contribution in [0.5, 0.6) is 0 Å². The maximum Gasteiger partial charge on any atom is 0.416 e. The molecule has 0 bridgehead atoms. The van der Waals surface area contributed by atoms with E-state index in [-0.39, 0.29) is 16.5 Å². The van der Waals surface area contributed by atoms with Crippen LogP contribution in [0.1, 0.15) is 16.7 Å². The number of hydrogen-bond acceptors (Lipinski definition) is 2. The fourth-order valence-corrected chi connectivity index (χ4v) is 3.85. The van der Waals surface area contributed by atoms with E-state index in [1.54, 1.807) is 19.1 Å². The molecule has 2 aromatic carbocycles. The summed E-state index contributed by atoms with van der Waals surface area (Å²) in [5.41, 5.74) is 0.486. The predicted molar refractivity (Wildman–Crippen MR) is 86.3 cm³/mol. The normalized spacial score (nSPS) is 12.6. The summed E-state index contributed by atoms with van der Waals surface area (Å²) in [6, 6.07) is 8.95. The van der Waals surface area contributed by atoms with E-state index in [4.69, 9.17) is 11.6 Å². The molecule has 0 N–H and O–H groups in total. The first-order chi connectivity index (χ1) is 11.0. The van der Waals surface area contributed by atoms with Gasteiger partial charge in [0.1, 0.15) is 4.90 Å². The van der Waals surface area contributed by atoms with Crippen molar-refractivity contribution >= 4 is 21.6 Å². The molecule has 0 aromatic heterocycles. The number of aryl methyl sites for hydroxylation is 1. The first kappa shape index (κ1) is 18.8. The molecule has 0 atom stereocenters. The molecule has 3 nitrogen and oxygen atoms in total. The molecule has 0 heterocycles. The Hall–Kier alpha value is -1.57. The molecule has 130 valence electrons. The molecule has 0 saturated heterocycles. The molecule has 0 aliphatic carbocycles. The zero-order valence-electron chi connectivity index (χ0n) is 12.9. The maximum atomic E-state index is 12.6. The Labute approximate surface area is 143 Å². The first-order valence-corrected chi connectivity index (χ1v) is 8.72. The number of hydrogen-bond donors (Lipinski definition) is 0. The van der Waals surface area contributed by atoms with E-state index in [1.165, 1.54) is 25.2 Å². The third-order valence-electron chi connectivity index (χ3n) is 3.46. The molecule has 2 aromatic rings. The van der Waals surface area contributed by atoms with Crippen molar-refractivity contribution in [2.45, 2.75) is 24.5 Å². The summed E-state index contributed by atoms with van der Waals surface area (Å²) >= 11 is 6.00. The molecule has 0 aliphatic heterocycles. The maximum absolute atomic E-state index is 12.6. The van der Waals surface area contributed by atoms with Gasteiger partial charge in [0, 0.05) is 13.6 Å². The minimum absolute atomic E-state index is 0.0378. The largest absolute Gasteiger partial charge is 0.416 e. The van der Waals surface area contributed by atoms with Crippen LogP contribution in [0, 0.1) is 6.92 Å². The average molecular weight is 378 g/mol. The zero-order chi connectivity index (χ0) is 18.1. The van der Waals surface area contributed by atoms with Crippen LogP contribution < -0.4 is 0 Å². The Morgan fingerprint density at radius 3 is 2.17 bits per heavy atom. The molecule has 0 aliphatic rings. The summed E-state index contributed by atoms with van der Waals surface area (Å²) in [7, 11) is -2.49. The molecule has 0 unspecified atom stereocenters. The summed E-state index contributed by atoms with van der Waals surface area (Å²) in [4.78, 5) is -0.0378. The summed E-state index contributed by atoms with van der Waals surface area (Å²) in [6.07, 6.45) is -4.42. The van der Waals surface area contributed by atoms with Gasteiger partial charge in [0.05, 0.1) is 10.6 Å². The van der Waals surface area contributed by atoms with Gasteiger partial charge < -0.3 is 0 Å². The van der Waals surface area contributed by atoms with Gasteiger partial charge in [0.15, 0.2) is 0 Å². The van der Waals surface area contributed by atoms with Crippen molar-refractivity contribution < 1.29 is 21.6 Å². The standard InChI is InChI=1S/C16H15ClF3NO2S/c1-11-3-8-15(14(17)9-11)24(22,23)21(2)10-12-4-6-13(7-5-12)16(18,19)20/h3-9H,10H2,1-2H3. The Morgan fingerprint density at radius 2 is 1.67 bits per heavy atom. The fraction of sp³-hybridized carbons (Fsp3) is 0.250. The second-order valence-electron chi connectivity index (χ2n) is 5.39. The van der Waals surface area contributed by atoms with Gasteiger partial charge in [-0.2, -0.15) is 17.5 Å². The van der Waals surface area contributed by atoms with Crippen LogP contribution in [-0.4, -0.2) is 19.8 Å². The number of rotatable bonds is 4. The van der Waals surface area contributed by atoms with E-state index in [0.29, 0.717) is 5.56 Å². The smallest absolute Gasteiger partial charge is 0.207 e. The molecule has 0 radical (unpaired) electrons. The van der Waals surface area contributed by atoms with Gasteiger partial charge in [0.2, 0.25) is 10.0 Å². The zero-order valence-corrected chi connectivity index (χ0v) is 14.5. The van der Waals surface area contributed by atoms with Gasteiger partial charge in [-0.15, -0.1) is 0 Å². The highest BCUT2D eigenvalue weighted by atomic mass is 35.5. The Morgan fingerprint density at radius 1 is 1.08 bits per heavy atom. The van der Waals surface area contributed by atoms with E-state index in [1.807, 2.05) is 0 Å². The van der Waals surface area contributed by atoms with Crippen LogP contribution in [0.15, 0.2) is 47.4 Å². The van der Waals surface area contributed by atoms with Gasteiger partial charge in [-0.3, -0.25) is 0 Å². The van der Waals surface area contributed by atoms with Crippen molar-refractivity contribution in [3.05, 3.63) is 64.2 Å². The molecule has 24 heavy (non-hydrogen) atoms. The fourth-order valence-electron chi connectivity index (χ4n) is 2.12. The highest BCUT2D eigenvalue weighted by molar-refractivity contribution is 7.89. The van der Waals surface area contributed by atoms with Crippen LogP contribution >= 0.6 is 11.6 Å². The Bertz CT molecular complexity index is 833. The average Bonchev–Trinajstić information content (AvgIpc) is 2.46. The number of halogens is 4. The predicted octanol–water partition coefficient (Wildman–Crippen LogP) is 4.49. The third kappa shape index (κ3) is 4.09. The number of alkyl halides is 3. The van der Waals surface area contributed by atoms with E-state index in [9.17, 15) is 21.6 Å². The highest BCUT2D eigenvalue weighted by Crippen LogP contribution is 2.30. The Balaban J connectivity index is 2.23. The van der Waals surface area contributed by atoms with Crippen molar-refractivity contribution in [2.75, 3.05) is 7.05 Å². The van der Waals surface area contributed by atoms with Crippen molar-refractivity contribution in [2.24, 2.45) is 0 Å². The van der Waals surface area contributed by atoms with Crippen molar-refractivity contribution in [3.63, 3.8) is 0 Å². The quantitative estimate of drug-likeness (QED) is 0.787. The topological polar surface area (TPSA) is 37.4 Å². The molecule has 0 saturated carbocycles. The first-order valence-electron chi connectivity index (χ1n) is 6.90. The summed E-state index contributed by atoms with van der Waals surface area (Å²) in [5.74, 6) is 0. The van der Waals surface area contributed by atoms with Gasteiger partial charge >= 0.3 is 6.18 Å². The lowest BCUT2D eigenvalue weighted by Crippen LogP contribution is -2.26. The van der Waals surface area contributed by atoms with E-state index < -0.39 is 21.8 Å². The van der Waals surface area contributed by atoms with Gasteiger partial charge in [-0.05, 0) is 42.3 Å². The minimum Gasteiger partial charge on any atom is -0.207 e. The van der Waals surface area contributed by atoms with Gasteiger partial charge in [-0.25, -0.2) is 8.42 Å². The lowest BCUT2D eigenvalue weighted by molar-refractivity contribution is -0.137. The minimum atomic E-state index is -4.42. The number of benzene rings is 2. The third-order valence-corrected chi connectivity index (χ3v) is 5.75. The molecule has 0 amide bonds. The van der Waals surface area contributed by atoms with Crippen molar-refractivity contribution in [1.29, 1.82) is 0 Å². The van der Waals surface area contributed by atoms with Crippen LogP contribution in [-0.2, 0) is 22.7 Å². The number of nitrogens with zero attached hydrogens (tertiary/aromatic N) is 1. The van der Waals surface area contributed by atoms with Crippen molar-refractivity contribution in [1.82, 2.24) is 4.31 Å². The van der Waals surface area contributed by atoms with Crippen LogP contribution in [0.4, 0.5) is 13.2 Å².